The van der Waals surface area contributed by atoms with Crippen LogP contribution >= 0.6 is 11.3 Å². The Kier molecular flexibility index (Phi) is 4.81. The van der Waals surface area contributed by atoms with Crippen molar-refractivity contribution in [2.45, 2.75) is 32.3 Å². The number of hydrogen-bond donors (Lipinski definition) is 0. The molecule has 144 valence electrons. The lowest BCUT2D eigenvalue weighted by molar-refractivity contribution is -0.118. The molecule has 3 aromatic rings. The largest absolute Gasteiger partial charge is 0.491 e. The number of hydrogen-bond acceptors (Lipinski definition) is 4. The second kappa shape index (κ2) is 7.28. The molecule has 0 bridgehead atoms. The second-order valence-corrected chi connectivity index (χ2v) is 8.17. The van der Waals surface area contributed by atoms with Crippen LogP contribution in [0, 0.1) is 0 Å². The summed E-state index contributed by atoms with van der Waals surface area (Å²) < 4.78 is 7.30. The Morgan fingerprint density at radius 1 is 1.04 bits per heavy atom. The Labute approximate surface area is 167 Å². The maximum Gasteiger partial charge on any atom is 0.308 e. The minimum Gasteiger partial charge on any atom is -0.491 e. The monoisotopic (exact) mass is 394 g/mol. The van der Waals surface area contributed by atoms with Crippen LogP contribution in [0.5, 0.6) is 5.75 Å². The van der Waals surface area contributed by atoms with Crippen molar-refractivity contribution in [1.29, 1.82) is 0 Å². The number of carbonyl (C=O) groups is 1. The third kappa shape index (κ3) is 3.24. The minimum absolute atomic E-state index is 0.0143. The van der Waals surface area contributed by atoms with Crippen molar-refractivity contribution < 1.29 is 9.53 Å². The number of anilines is 2. The van der Waals surface area contributed by atoms with Gasteiger partial charge in [-0.15, -0.1) is 0 Å². The topological polar surface area (TPSA) is 51.5 Å². The molecule has 6 heteroatoms. The number of nitrogens with zero attached hydrogens (tertiary/aromatic N) is 2. The van der Waals surface area contributed by atoms with Crippen molar-refractivity contribution in [3.63, 3.8) is 0 Å². The molecule has 2 aromatic carbocycles. The summed E-state index contributed by atoms with van der Waals surface area (Å²) in [6, 6.07) is 17.3. The van der Waals surface area contributed by atoms with Gasteiger partial charge in [0.25, 0.3) is 0 Å². The Morgan fingerprint density at radius 2 is 1.71 bits per heavy atom. The normalized spacial score (nSPS) is 16.4. The molecule has 1 amide bonds. The van der Waals surface area contributed by atoms with Gasteiger partial charge in [0.1, 0.15) is 11.6 Å². The van der Waals surface area contributed by atoms with Crippen LogP contribution in [0.1, 0.15) is 36.6 Å². The fourth-order valence-corrected chi connectivity index (χ4v) is 4.68. The second-order valence-electron chi connectivity index (χ2n) is 7.17. The molecular weight excluding hydrogens is 372 g/mol. The maximum atomic E-state index is 13.1. The van der Waals surface area contributed by atoms with Crippen molar-refractivity contribution in [1.82, 2.24) is 4.57 Å². The highest BCUT2D eigenvalue weighted by Crippen LogP contribution is 2.44. The zero-order valence-electron chi connectivity index (χ0n) is 16.1. The fourth-order valence-electron chi connectivity index (χ4n) is 3.59. The third-order valence-corrected chi connectivity index (χ3v) is 5.97. The van der Waals surface area contributed by atoms with Gasteiger partial charge >= 0.3 is 4.87 Å². The first-order valence-corrected chi connectivity index (χ1v) is 10.1. The van der Waals surface area contributed by atoms with Gasteiger partial charge in [0.2, 0.25) is 5.91 Å². The van der Waals surface area contributed by atoms with Crippen molar-refractivity contribution in [3.8, 4) is 5.75 Å². The quantitative estimate of drug-likeness (QED) is 0.658. The molecule has 1 aliphatic heterocycles. The summed E-state index contributed by atoms with van der Waals surface area (Å²) in [6.07, 6.45) is 0.430. The molecule has 0 saturated heterocycles. The van der Waals surface area contributed by atoms with E-state index in [-0.39, 0.29) is 22.8 Å². The van der Waals surface area contributed by atoms with E-state index in [1.165, 1.54) is 11.3 Å². The lowest BCUT2D eigenvalue weighted by atomic mass is 9.90. The number of ether oxygens (including phenoxy) is 1. The van der Waals surface area contributed by atoms with E-state index < -0.39 is 0 Å². The standard InChI is InChI=1S/C22H22N2O3S/c1-14(2)27-17-11-9-15(10-12-17)18-13-19(25)24(16-7-5-4-6-8-16)21-20(18)28-22(26)23(21)3/h4-12,14,18H,13H2,1-3H3/t18-/m0/s1. The highest BCUT2D eigenvalue weighted by Gasteiger charge is 2.37. The molecule has 1 atom stereocenters. The molecule has 0 radical (unpaired) electrons. The first kappa shape index (κ1) is 18.5. The summed E-state index contributed by atoms with van der Waals surface area (Å²) in [4.78, 5) is 28.1. The molecule has 0 fully saturated rings. The first-order valence-electron chi connectivity index (χ1n) is 9.30. The van der Waals surface area contributed by atoms with Gasteiger partial charge in [0.15, 0.2) is 0 Å². The zero-order valence-corrected chi connectivity index (χ0v) is 16.9. The molecule has 0 saturated carbocycles. The van der Waals surface area contributed by atoms with Crippen LogP contribution in [0.2, 0.25) is 0 Å². The van der Waals surface area contributed by atoms with E-state index in [4.69, 9.17) is 4.74 Å². The number of fused-ring (bicyclic) bond motifs is 1. The SMILES string of the molecule is CC(C)Oc1ccc([C@@H]2CC(=O)N(c3ccccc3)c3c2sc(=O)n3C)cc1. The summed E-state index contributed by atoms with van der Waals surface area (Å²) in [6.45, 7) is 3.97. The molecule has 0 N–H and O–H groups in total. The van der Waals surface area contributed by atoms with E-state index in [1.807, 2.05) is 68.4 Å². The van der Waals surface area contributed by atoms with E-state index >= 15 is 0 Å². The third-order valence-electron chi connectivity index (χ3n) is 4.83. The number of benzene rings is 2. The molecule has 1 aliphatic rings. The average Bonchev–Trinajstić information content (AvgIpc) is 2.97. The molecule has 4 rings (SSSR count). The highest BCUT2D eigenvalue weighted by atomic mass is 32.1. The number of rotatable bonds is 4. The Morgan fingerprint density at radius 3 is 2.36 bits per heavy atom. The van der Waals surface area contributed by atoms with Gasteiger partial charge in [-0.2, -0.15) is 0 Å². The van der Waals surface area contributed by atoms with Crippen LogP contribution in [-0.4, -0.2) is 16.6 Å². The molecule has 1 aromatic heterocycles. The van der Waals surface area contributed by atoms with E-state index in [0.717, 1.165) is 21.9 Å². The van der Waals surface area contributed by atoms with Crippen LogP contribution in [0.4, 0.5) is 11.5 Å². The Bertz CT molecular complexity index is 1050. The summed E-state index contributed by atoms with van der Waals surface area (Å²) in [5.41, 5.74) is 1.79. The van der Waals surface area contributed by atoms with Gasteiger partial charge in [-0.1, -0.05) is 41.7 Å². The molecule has 0 unspecified atom stereocenters. The van der Waals surface area contributed by atoms with Crippen molar-refractivity contribution in [3.05, 3.63) is 74.7 Å². The van der Waals surface area contributed by atoms with E-state index in [0.29, 0.717) is 12.2 Å². The maximum absolute atomic E-state index is 13.1. The Balaban J connectivity index is 1.78. The lowest BCUT2D eigenvalue weighted by Gasteiger charge is -2.32. The van der Waals surface area contributed by atoms with Crippen molar-refractivity contribution >= 4 is 28.7 Å². The van der Waals surface area contributed by atoms with Crippen LogP contribution in [0.25, 0.3) is 0 Å². The molecule has 0 aliphatic carbocycles. The summed E-state index contributed by atoms with van der Waals surface area (Å²) in [5, 5.41) is 0. The van der Waals surface area contributed by atoms with Crippen molar-refractivity contribution in [2.75, 3.05) is 4.90 Å². The number of amides is 1. The fraction of sp³-hybridized carbons (Fsp3) is 0.273. The Hall–Kier alpha value is -2.86. The molecule has 0 spiro atoms. The van der Waals surface area contributed by atoms with E-state index in [2.05, 4.69) is 0 Å². The number of aromatic nitrogens is 1. The summed E-state index contributed by atoms with van der Waals surface area (Å²) in [5.74, 6) is 1.33. The summed E-state index contributed by atoms with van der Waals surface area (Å²) in [7, 11) is 1.73. The first-order chi connectivity index (χ1) is 13.5. The van der Waals surface area contributed by atoms with Crippen LogP contribution < -0.4 is 14.5 Å². The minimum atomic E-state index is -0.130. The van der Waals surface area contributed by atoms with Crippen LogP contribution in [-0.2, 0) is 11.8 Å². The van der Waals surface area contributed by atoms with E-state index in [1.54, 1.807) is 16.5 Å². The van der Waals surface area contributed by atoms with Gasteiger partial charge in [-0.05, 0) is 43.7 Å². The smallest absolute Gasteiger partial charge is 0.308 e. The molecule has 5 nitrogen and oxygen atoms in total. The van der Waals surface area contributed by atoms with E-state index in [9.17, 15) is 9.59 Å². The van der Waals surface area contributed by atoms with Crippen LogP contribution in [0.3, 0.4) is 0 Å². The average molecular weight is 394 g/mol. The summed E-state index contributed by atoms with van der Waals surface area (Å²) >= 11 is 1.22. The van der Waals surface area contributed by atoms with Gasteiger partial charge < -0.3 is 4.74 Å². The number of carbonyl (C=O) groups excluding carboxylic acids is 1. The lowest BCUT2D eigenvalue weighted by Crippen LogP contribution is -2.34. The molecule has 28 heavy (non-hydrogen) atoms. The van der Waals surface area contributed by atoms with Crippen molar-refractivity contribution in [2.24, 2.45) is 7.05 Å². The molecule has 2 heterocycles. The number of thiazole rings is 1. The van der Waals surface area contributed by atoms with Gasteiger partial charge in [0.05, 0.1) is 16.7 Å². The van der Waals surface area contributed by atoms with Gasteiger partial charge in [-0.3, -0.25) is 19.1 Å². The molecular formula is C22H22N2O3S. The van der Waals surface area contributed by atoms with Gasteiger partial charge in [-0.25, -0.2) is 0 Å². The highest BCUT2D eigenvalue weighted by molar-refractivity contribution is 7.10. The zero-order chi connectivity index (χ0) is 19.8. The predicted octanol–water partition coefficient (Wildman–Crippen LogP) is 4.43. The predicted molar refractivity (Wildman–Crippen MR) is 112 cm³/mol. The van der Waals surface area contributed by atoms with Gasteiger partial charge in [0, 0.05) is 19.4 Å². The van der Waals surface area contributed by atoms with Crippen LogP contribution in [0.15, 0.2) is 59.4 Å². The number of para-hydroxylation sites is 1.